The molecule has 0 spiro atoms. The number of aromatic nitrogens is 2. The molecule has 5 rings (SSSR count). The average Bonchev–Trinajstić information content (AvgIpc) is 2.91. The molecule has 1 fully saturated rings. The minimum atomic E-state index is -0.188. The molecule has 184 valence electrons. The van der Waals surface area contributed by atoms with Crippen molar-refractivity contribution in [1.29, 1.82) is 0 Å². The minimum absolute atomic E-state index is 0.125. The van der Waals surface area contributed by atoms with E-state index in [0.29, 0.717) is 50.0 Å². The standard InChI is InChI=1S/C28H29N5O3/c1-20-12-13-25(36-2)23(18-20)30-28(35)32-16-14-31(15-17-32)26-27(34)33(19-21-8-4-3-5-9-21)24-11-7-6-10-22(24)29-26/h3-13,18H,14-17,19H2,1-2H3,(H,30,35). The Bertz CT molecular complexity index is 1440. The predicted octanol–water partition coefficient (Wildman–Crippen LogP) is 4.12. The van der Waals surface area contributed by atoms with Gasteiger partial charge in [-0.05, 0) is 42.3 Å². The monoisotopic (exact) mass is 483 g/mol. The van der Waals surface area contributed by atoms with Crippen molar-refractivity contribution in [1.82, 2.24) is 14.5 Å². The van der Waals surface area contributed by atoms with Crippen LogP contribution in [0, 0.1) is 6.92 Å². The van der Waals surface area contributed by atoms with Crippen LogP contribution in [0.3, 0.4) is 0 Å². The van der Waals surface area contributed by atoms with Gasteiger partial charge in [-0.3, -0.25) is 9.36 Å². The van der Waals surface area contributed by atoms with E-state index in [1.165, 1.54) is 0 Å². The Morgan fingerprint density at radius 1 is 0.972 bits per heavy atom. The van der Waals surface area contributed by atoms with Gasteiger partial charge in [0, 0.05) is 26.2 Å². The number of hydrogen-bond donors (Lipinski definition) is 1. The highest BCUT2D eigenvalue weighted by Crippen LogP contribution is 2.26. The fourth-order valence-corrected chi connectivity index (χ4v) is 4.54. The zero-order chi connectivity index (χ0) is 25.1. The fourth-order valence-electron chi connectivity index (χ4n) is 4.54. The van der Waals surface area contributed by atoms with Crippen LogP contribution in [0.1, 0.15) is 11.1 Å². The lowest BCUT2D eigenvalue weighted by Gasteiger charge is -2.35. The lowest BCUT2D eigenvalue weighted by Crippen LogP contribution is -2.51. The molecule has 3 aromatic carbocycles. The van der Waals surface area contributed by atoms with E-state index in [1.807, 2.05) is 84.6 Å². The number of fused-ring (bicyclic) bond motifs is 1. The van der Waals surface area contributed by atoms with E-state index < -0.39 is 0 Å². The zero-order valence-electron chi connectivity index (χ0n) is 20.5. The van der Waals surface area contributed by atoms with Crippen molar-refractivity contribution in [3.05, 3.63) is 94.3 Å². The number of ether oxygens (including phenoxy) is 1. The third kappa shape index (κ3) is 4.75. The number of rotatable bonds is 5. The second-order valence-corrected chi connectivity index (χ2v) is 8.91. The summed E-state index contributed by atoms with van der Waals surface area (Å²) in [5.74, 6) is 1.04. The fraction of sp³-hybridized carbons (Fsp3) is 0.250. The first-order valence-corrected chi connectivity index (χ1v) is 12.0. The molecule has 2 amide bonds. The minimum Gasteiger partial charge on any atom is -0.495 e. The molecule has 4 aromatic rings. The van der Waals surface area contributed by atoms with Crippen LogP contribution >= 0.6 is 0 Å². The summed E-state index contributed by atoms with van der Waals surface area (Å²) in [4.78, 5) is 35.0. The number of para-hydroxylation sites is 2. The van der Waals surface area contributed by atoms with E-state index in [1.54, 1.807) is 16.6 Å². The second kappa shape index (κ2) is 10.1. The quantitative estimate of drug-likeness (QED) is 0.462. The van der Waals surface area contributed by atoms with Crippen molar-refractivity contribution in [2.45, 2.75) is 13.5 Å². The maximum absolute atomic E-state index is 13.6. The van der Waals surface area contributed by atoms with E-state index >= 15 is 0 Å². The summed E-state index contributed by atoms with van der Waals surface area (Å²) in [6.07, 6.45) is 0. The van der Waals surface area contributed by atoms with Gasteiger partial charge in [0.25, 0.3) is 5.56 Å². The molecule has 8 heteroatoms. The van der Waals surface area contributed by atoms with Crippen LogP contribution in [0.2, 0.25) is 0 Å². The molecular weight excluding hydrogens is 454 g/mol. The molecule has 0 radical (unpaired) electrons. The van der Waals surface area contributed by atoms with Crippen molar-refractivity contribution in [3.8, 4) is 5.75 Å². The second-order valence-electron chi connectivity index (χ2n) is 8.91. The molecular formula is C28H29N5O3. The van der Waals surface area contributed by atoms with Gasteiger partial charge in [0.15, 0.2) is 5.82 Å². The summed E-state index contributed by atoms with van der Waals surface area (Å²) in [6, 6.07) is 23.1. The van der Waals surface area contributed by atoms with E-state index in [0.717, 1.165) is 22.2 Å². The van der Waals surface area contributed by atoms with Crippen LogP contribution < -0.4 is 20.5 Å². The topological polar surface area (TPSA) is 79.7 Å². The van der Waals surface area contributed by atoms with Crippen LogP contribution in [0.15, 0.2) is 77.6 Å². The number of methoxy groups -OCH3 is 1. The number of nitrogens with zero attached hydrogens (tertiary/aromatic N) is 4. The van der Waals surface area contributed by atoms with Gasteiger partial charge in [-0.1, -0.05) is 48.5 Å². The third-order valence-corrected chi connectivity index (χ3v) is 6.48. The summed E-state index contributed by atoms with van der Waals surface area (Å²) >= 11 is 0. The van der Waals surface area contributed by atoms with Crippen molar-refractivity contribution in [2.75, 3.05) is 43.5 Å². The van der Waals surface area contributed by atoms with Gasteiger partial charge in [0.05, 0.1) is 30.4 Å². The maximum Gasteiger partial charge on any atom is 0.322 e. The SMILES string of the molecule is COc1ccc(C)cc1NC(=O)N1CCN(c2nc3ccccc3n(Cc3ccccc3)c2=O)CC1. The molecule has 1 saturated heterocycles. The lowest BCUT2D eigenvalue weighted by atomic mass is 10.2. The Kier molecular flexibility index (Phi) is 6.58. The van der Waals surface area contributed by atoms with E-state index in [-0.39, 0.29) is 11.6 Å². The Morgan fingerprint density at radius 3 is 2.44 bits per heavy atom. The molecule has 1 aliphatic rings. The number of aryl methyl sites for hydroxylation is 1. The molecule has 1 aliphatic heterocycles. The maximum atomic E-state index is 13.6. The normalized spacial score (nSPS) is 13.6. The van der Waals surface area contributed by atoms with Crippen LogP contribution in [0.4, 0.5) is 16.3 Å². The van der Waals surface area contributed by atoms with Gasteiger partial charge in [0.2, 0.25) is 0 Å². The van der Waals surface area contributed by atoms with Gasteiger partial charge >= 0.3 is 6.03 Å². The number of amides is 2. The van der Waals surface area contributed by atoms with E-state index in [2.05, 4.69) is 5.32 Å². The van der Waals surface area contributed by atoms with Crippen LogP contribution in [0.25, 0.3) is 11.0 Å². The predicted molar refractivity (Wildman–Crippen MR) is 142 cm³/mol. The largest absolute Gasteiger partial charge is 0.495 e. The average molecular weight is 484 g/mol. The van der Waals surface area contributed by atoms with Crippen LogP contribution in [0.5, 0.6) is 5.75 Å². The van der Waals surface area contributed by atoms with Crippen LogP contribution in [-0.2, 0) is 6.54 Å². The molecule has 0 atom stereocenters. The molecule has 1 N–H and O–H groups in total. The Morgan fingerprint density at radius 2 is 1.69 bits per heavy atom. The molecule has 0 bridgehead atoms. The zero-order valence-corrected chi connectivity index (χ0v) is 20.5. The number of anilines is 2. The summed E-state index contributed by atoms with van der Waals surface area (Å²) in [7, 11) is 1.58. The first-order valence-electron chi connectivity index (χ1n) is 12.0. The molecule has 2 heterocycles. The first kappa shape index (κ1) is 23.4. The summed E-state index contributed by atoms with van der Waals surface area (Å²) in [5.41, 5.74) is 4.18. The number of nitrogens with one attached hydrogen (secondary N) is 1. The van der Waals surface area contributed by atoms with Gasteiger partial charge in [-0.15, -0.1) is 0 Å². The highest BCUT2D eigenvalue weighted by atomic mass is 16.5. The van der Waals surface area contributed by atoms with Gasteiger partial charge in [0.1, 0.15) is 5.75 Å². The number of piperazine rings is 1. The molecule has 0 unspecified atom stereocenters. The Labute approximate surface area is 209 Å². The van der Waals surface area contributed by atoms with Gasteiger partial charge in [-0.2, -0.15) is 0 Å². The van der Waals surface area contributed by atoms with Crippen LogP contribution in [-0.4, -0.2) is 53.8 Å². The Hall–Kier alpha value is -4.33. The highest BCUT2D eigenvalue weighted by molar-refractivity contribution is 5.91. The molecule has 1 aromatic heterocycles. The van der Waals surface area contributed by atoms with Crippen molar-refractivity contribution < 1.29 is 9.53 Å². The Balaban J connectivity index is 1.35. The number of carbonyl (C=O) groups excluding carboxylic acids is 1. The van der Waals surface area contributed by atoms with Gasteiger partial charge < -0.3 is 19.9 Å². The smallest absolute Gasteiger partial charge is 0.322 e. The molecule has 0 aliphatic carbocycles. The first-order chi connectivity index (χ1) is 17.5. The summed E-state index contributed by atoms with van der Waals surface area (Å²) in [6.45, 7) is 4.43. The number of benzene rings is 3. The molecule has 0 saturated carbocycles. The van der Waals surface area contributed by atoms with E-state index in [4.69, 9.17) is 9.72 Å². The van der Waals surface area contributed by atoms with Crippen molar-refractivity contribution in [2.24, 2.45) is 0 Å². The number of carbonyl (C=O) groups is 1. The highest BCUT2D eigenvalue weighted by Gasteiger charge is 2.25. The van der Waals surface area contributed by atoms with E-state index in [9.17, 15) is 9.59 Å². The van der Waals surface area contributed by atoms with Crippen molar-refractivity contribution >= 4 is 28.6 Å². The van der Waals surface area contributed by atoms with Crippen molar-refractivity contribution in [3.63, 3.8) is 0 Å². The summed E-state index contributed by atoms with van der Waals surface area (Å²) < 4.78 is 7.17. The summed E-state index contributed by atoms with van der Waals surface area (Å²) in [5, 5.41) is 2.96. The number of urea groups is 1. The lowest BCUT2D eigenvalue weighted by molar-refractivity contribution is 0.208. The van der Waals surface area contributed by atoms with Gasteiger partial charge in [-0.25, -0.2) is 9.78 Å². The molecule has 8 nitrogen and oxygen atoms in total. The molecule has 36 heavy (non-hydrogen) atoms. The number of hydrogen-bond acceptors (Lipinski definition) is 5. The third-order valence-electron chi connectivity index (χ3n) is 6.48.